The summed E-state index contributed by atoms with van der Waals surface area (Å²) in [5, 5.41) is 2.24. The van der Waals surface area contributed by atoms with Gasteiger partial charge in [-0.05, 0) is 41.5 Å². The van der Waals surface area contributed by atoms with Crippen LogP contribution in [0.3, 0.4) is 0 Å². The van der Waals surface area contributed by atoms with Crippen molar-refractivity contribution < 1.29 is 4.79 Å². The van der Waals surface area contributed by atoms with Gasteiger partial charge in [-0.2, -0.15) is 0 Å². The first-order valence-electron chi connectivity index (χ1n) is 8.10. The number of likely N-dealkylation sites (tertiary alicyclic amines) is 1. The lowest BCUT2D eigenvalue weighted by Gasteiger charge is -2.22. The highest BCUT2D eigenvalue weighted by molar-refractivity contribution is 6.07. The molecule has 2 fully saturated rings. The first-order valence-corrected chi connectivity index (χ1v) is 8.10. The molecule has 0 spiro atoms. The Bertz CT molecular complexity index is 659. The molecule has 4 rings (SSSR count). The van der Waals surface area contributed by atoms with Gasteiger partial charge < -0.3 is 4.90 Å². The Morgan fingerprint density at radius 3 is 2.33 bits per heavy atom. The zero-order valence-corrected chi connectivity index (χ0v) is 12.3. The number of carbonyl (C=O) groups is 1. The maximum absolute atomic E-state index is 12.9. The van der Waals surface area contributed by atoms with Crippen LogP contribution < -0.4 is 0 Å². The molecule has 2 heteroatoms. The predicted octanol–water partition coefficient (Wildman–Crippen LogP) is 4.10. The summed E-state index contributed by atoms with van der Waals surface area (Å²) in [5.74, 6) is 1.72. The van der Waals surface area contributed by atoms with E-state index in [-0.39, 0.29) is 5.91 Å². The van der Waals surface area contributed by atoms with Crippen LogP contribution in [0.2, 0.25) is 0 Å². The smallest absolute Gasteiger partial charge is 0.254 e. The van der Waals surface area contributed by atoms with E-state index in [0.29, 0.717) is 0 Å². The van der Waals surface area contributed by atoms with Crippen molar-refractivity contribution in [2.45, 2.75) is 25.7 Å². The minimum absolute atomic E-state index is 0.223. The summed E-state index contributed by atoms with van der Waals surface area (Å²) in [6.07, 6.45) is 5.31. The van der Waals surface area contributed by atoms with E-state index in [1.807, 2.05) is 24.3 Å². The van der Waals surface area contributed by atoms with Crippen molar-refractivity contribution in [3.8, 4) is 0 Å². The van der Waals surface area contributed by atoms with Crippen LogP contribution in [0.4, 0.5) is 0 Å². The number of hydrogen-bond acceptors (Lipinski definition) is 1. The molecule has 0 bridgehead atoms. The maximum Gasteiger partial charge on any atom is 0.254 e. The van der Waals surface area contributed by atoms with Gasteiger partial charge in [0, 0.05) is 18.7 Å². The van der Waals surface area contributed by atoms with Crippen molar-refractivity contribution in [2.24, 2.45) is 11.8 Å². The Kier molecular flexibility index (Phi) is 3.17. The number of carbonyl (C=O) groups excluding carboxylic acids is 1. The lowest BCUT2D eigenvalue weighted by molar-refractivity contribution is 0.0786. The number of amides is 1. The van der Waals surface area contributed by atoms with Gasteiger partial charge in [0.25, 0.3) is 5.91 Å². The predicted molar refractivity (Wildman–Crippen MR) is 85.3 cm³/mol. The van der Waals surface area contributed by atoms with E-state index in [1.54, 1.807) is 0 Å². The SMILES string of the molecule is O=C(c1cccc2ccccc12)N1CC2CCCCC2C1. The average molecular weight is 279 g/mol. The minimum atomic E-state index is 0.223. The van der Waals surface area contributed by atoms with E-state index in [1.165, 1.54) is 25.7 Å². The Balaban J connectivity index is 1.65. The van der Waals surface area contributed by atoms with E-state index < -0.39 is 0 Å². The number of nitrogens with zero attached hydrogens (tertiary/aromatic N) is 1. The van der Waals surface area contributed by atoms with E-state index in [2.05, 4.69) is 23.1 Å². The fraction of sp³-hybridized carbons (Fsp3) is 0.421. The monoisotopic (exact) mass is 279 g/mol. The van der Waals surface area contributed by atoms with Gasteiger partial charge in [-0.15, -0.1) is 0 Å². The Morgan fingerprint density at radius 1 is 0.905 bits per heavy atom. The van der Waals surface area contributed by atoms with Crippen molar-refractivity contribution >= 4 is 16.7 Å². The lowest BCUT2D eigenvalue weighted by atomic mass is 9.82. The van der Waals surface area contributed by atoms with Crippen LogP contribution in [0.1, 0.15) is 36.0 Å². The highest BCUT2D eigenvalue weighted by Crippen LogP contribution is 2.36. The van der Waals surface area contributed by atoms with Crippen LogP contribution in [0.25, 0.3) is 10.8 Å². The molecular weight excluding hydrogens is 258 g/mol. The lowest BCUT2D eigenvalue weighted by Crippen LogP contribution is -2.29. The van der Waals surface area contributed by atoms with Crippen molar-refractivity contribution in [3.63, 3.8) is 0 Å². The molecule has 0 aromatic heterocycles. The summed E-state index contributed by atoms with van der Waals surface area (Å²) in [5.41, 5.74) is 0.867. The molecule has 2 aliphatic rings. The Morgan fingerprint density at radius 2 is 1.57 bits per heavy atom. The van der Waals surface area contributed by atoms with E-state index in [9.17, 15) is 4.79 Å². The zero-order valence-electron chi connectivity index (χ0n) is 12.3. The molecule has 21 heavy (non-hydrogen) atoms. The van der Waals surface area contributed by atoms with Gasteiger partial charge in [0.05, 0.1) is 0 Å². The second-order valence-corrected chi connectivity index (χ2v) is 6.54. The van der Waals surface area contributed by atoms with Crippen LogP contribution in [0.5, 0.6) is 0 Å². The van der Waals surface area contributed by atoms with Crippen molar-refractivity contribution in [1.82, 2.24) is 4.90 Å². The molecule has 2 aromatic rings. The van der Waals surface area contributed by atoms with Gasteiger partial charge in [0.1, 0.15) is 0 Å². The van der Waals surface area contributed by atoms with Crippen LogP contribution in [0, 0.1) is 11.8 Å². The molecule has 1 aliphatic carbocycles. The summed E-state index contributed by atoms with van der Waals surface area (Å²) in [6, 6.07) is 14.2. The average Bonchev–Trinajstić information content (AvgIpc) is 2.97. The highest BCUT2D eigenvalue weighted by Gasteiger charge is 2.36. The number of rotatable bonds is 1. The fourth-order valence-electron chi connectivity index (χ4n) is 4.15. The Labute approximate surface area is 125 Å². The highest BCUT2D eigenvalue weighted by atomic mass is 16.2. The van der Waals surface area contributed by atoms with Gasteiger partial charge in [0.2, 0.25) is 0 Å². The van der Waals surface area contributed by atoms with Crippen LogP contribution >= 0.6 is 0 Å². The first-order chi connectivity index (χ1) is 10.3. The molecular formula is C19H21NO. The fourth-order valence-corrected chi connectivity index (χ4v) is 4.15. The largest absolute Gasteiger partial charge is 0.338 e. The molecule has 2 aromatic carbocycles. The summed E-state index contributed by atoms with van der Waals surface area (Å²) < 4.78 is 0. The van der Waals surface area contributed by atoms with Gasteiger partial charge in [-0.3, -0.25) is 4.79 Å². The molecule has 0 radical (unpaired) electrons. The van der Waals surface area contributed by atoms with Gasteiger partial charge in [0.15, 0.2) is 0 Å². The second kappa shape index (κ2) is 5.18. The summed E-state index contributed by atoms with van der Waals surface area (Å²) in [4.78, 5) is 15.0. The molecule has 1 amide bonds. The zero-order chi connectivity index (χ0) is 14.2. The van der Waals surface area contributed by atoms with Gasteiger partial charge in [-0.1, -0.05) is 49.2 Å². The molecule has 108 valence electrons. The number of hydrogen-bond donors (Lipinski definition) is 0. The second-order valence-electron chi connectivity index (χ2n) is 6.54. The van der Waals surface area contributed by atoms with E-state index in [4.69, 9.17) is 0 Å². The van der Waals surface area contributed by atoms with Crippen molar-refractivity contribution in [2.75, 3.05) is 13.1 Å². The van der Waals surface area contributed by atoms with Crippen molar-refractivity contribution in [1.29, 1.82) is 0 Å². The topological polar surface area (TPSA) is 20.3 Å². The molecule has 1 heterocycles. The quantitative estimate of drug-likeness (QED) is 0.769. The molecule has 2 unspecified atom stereocenters. The molecule has 1 saturated carbocycles. The molecule has 2 nitrogen and oxygen atoms in total. The summed E-state index contributed by atoms with van der Waals surface area (Å²) in [7, 11) is 0. The molecule has 1 saturated heterocycles. The molecule has 0 N–H and O–H groups in total. The number of fused-ring (bicyclic) bond motifs is 2. The van der Waals surface area contributed by atoms with E-state index >= 15 is 0 Å². The molecule has 2 atom stereocenters. The Hall–Kier alpha value is -1.83. The van der Waals surface area contributed by atoms with E-state index in [0.717, 1.165) is 41.3 Å². The number of benzene rings is 2. The normalized spacial score (nSPS) is 25.0. The van der Waals surface area contributed by atoms with Gasteiger partial charge >= 0.3 is 0 Å². The molecule has 1 aliphatic heterocycles. The standard InChI is InChI=1S/C19H21NO/c21-19(20-12-15-7-1-2-8-16(15)13-20)18-11-5-9-14-6-3-4-10-17(14)18/h3-6,9-11,15-16H,1-2,7-8,12-13H2. The minimum Gasteiger partial charge on any atom is -0.338 e. The summed E-state index contributed by atoms with van der Waals surface area (Å²) >= 11 is 0. The summed E-state index contributed by atoms with van der Waals surface area (Å²) in [6.45, 7) is 1.93. The first kappa shape index (κ1) is 12.9. The third-order valence-electron chi connectivity index (χ3n) is 5.28. The van der Waals surface area contributed by atoms with Crippen LogP contribution in [-0.2, 0) is 0 Å². The third-order valence-corrected chi connectivity index (χ3v) is 5.28. The van der Waals surface area contributed by atoms with Crippen molar-refractivity contribution in [3.05, 3.63) is 48.0 Å². The third kappa shape index (κ3) is 2.23. The maximum atomic E-state index is 12.9. The van der Waals surface area contributed by atoms with Crippen LogP contribution in [0.15, 0.2) is 42.5 Å². The van der Waals surface area contributed by atoms with Crippen LogP contribution in [-0.4, -0.2) is 23.9 Å². The van der Waals surface area contributed by atoms with Gasteiger partial charge in [-0.25, -0.2) is 0 Å².